The molecule has 0 atom stereocenters. The van der Waals surface area contributed by atoms with E-state index in [2.05, 4.69) is 0 Å². The van der Waals surface area contributed by atoms with Gasteiger partial charge in [-0.1, -0.05) is 11.6 Å². The van der Waals surface area contributed by atoms with Gasteiger partial charge in [-0.05, 0) is 12.2 Å². The Labute approximate surface area is 72.7 Å². The summed E-state index contributed by atoms with van der Waals surface area (Å²) in [4.78, 5) is 20.1. The highest BCUT2D eigenvalue weighted by atomic mass is 35.5. The Bertz CT molecular complexity index is 241. The number of rotatable bonds is 3. The van der Waals surface area contributed by atoms with Gasteiger partial charge < -0.3 is 15.9 Å². The van der Waals surface area contributed by atoms with Crippen LogP contribution >= 0.6 is 11.6 Å². The molecule has 0 amide bonds. The van der Waals surface area contributed by atoms with E-state index in [1.165, 1.54) is 0 Å². The number of nitrogens with two attached hydrogens (primary N) is 1. The number of carboxylic acid groups (broad SMARTS) is 2. The summed E-state index contributed by atoms with van der Waals surface area (Å²) >= 11 is 5.13. The van der Waals surface area contributed by atoms with Crippen LogP contribution in [0.2, 0.25) is 0 Å². The zero-order valence-corrected chi connectivity index (χ0v) is 6.58. The molecule has 0 rings (SSSR count). The Morgan fingerprint density at radius 1 is 1.17 bits per heavy atom. The van der Waals surface area contributed by atoms with Gasteiger partial charge in [-0.3, -0.25) is 0 Å². The second-order valence-electron chi connectivity index (χ2n) is 1.75. The molecular formula is C6H6ClNO4. The topological polar surface area (TPSA) is 101 Å². The second kappa shape index (κ2) is 4.40. The molecule has 4 N–H and O–H groups in total. The molecule has 0 aromatic carbocycles. The van der Waals surface area contributed by atoms with Gasteiger partial charge >= 0.3 is 11.9 Å². The summed E-state index contributed by atoms with van der Waals surface area (Å²) in [5.41, 5.74) is 4.45. The highest BCUT2D eigenvalue weighted by Gasteiger charge is 2.02. The minimum Gasteiger partial charge on any atom is -0.477 e. The third-order valence-electron chi connectivity index (χ3n) is 0.860. The fourth-order valence-corrected chi connectivity index (χ4v) is 0.369. The smallest absolute Gasteiger partial charge is 0.351 e. The van der Waals surface area contributed by atoms with Crippen molar-refractivity contribution < 1.29 is 19.8 Å². The first kappa shape index (κ1) is 10.5. The van der Waals surface area contributed by atoms with Crippen LogP contribution in [0.5, 0.6) is 0 Å². The van der Waals surface area contributed by atoms with E-state index >= 15 is 0 Å². The van der Waals surface area contributed by atoms with Crippen LogP contribution in [0.15, 0.2) is 22.9 Å². The summed E-state index contributed by atoms with van der Waals surface area (Å²) in [6.45, 7) is 0. The van der Waals surface area contributed by atoms with Crippen molar-refractivity contribution in [3.05, 3.63) is 22.9 Å². The fourth-order valence-electron chi connectivity index (χ4n) is 0.306. The monoisotopic (exact) mass is 191 g/mol. The zero-order valence-electron chi connectivity index (χ0n) is 5.82. The molecular weight excluding hydrogens is 186 g/mol. The van der Waals surface area contributed by atoms with Gasteiger partial charge in [0.15, 0.2) is 0 Å². The molecule has 0 aromatic heterocycles. The Kier molecular flexibility index (Phi) is 3.85. The lowest BCUT2D eigenvalue weighted by Gasteiger charge is -1.89. The number of allylic oxidation sites excluding steroid dienone is 2. The summed E-state index contributed by atoms with van der Waals surface area (Å²) < 4.78 is 0. The van der Waals surface area contributed by atoms with Crippen molar-refractivity contribution in [1.29, 1.82) is 0 Å². The van der Waals surface area contributed by atoms with Crippen molar-refractivity contribution in [1.82, 2.24) is 0 Å². The van der Waals surface area contributed by atoms with Crippen LogP contribution in [-0.4, -0.2) is 22.2 Å². The maximum Gasteiger partial charge on any atom is 0.351 e. The Hall–Kier alpha value is -1.49. The van der Waals surface area contributed by atoms with Crippen molar-refractivity contribution in [2.24, 2.45) is 5.73 Å². The van der Waals surface area contributed by atoms with Gasteiger partial charge in [0.25, 0.3) is 0 Å². The minimum absolute atomic E-state index is 0.477. The number of carbonyl (C=O) groups is 2. The van der Waals surface area contributed by atoms with Gasteiger partial charge in [0, 0.05) is 0 Å². The first-order valence-corrected chi connectivity index (χ1v) is 3.12. The quantitative estimate of drug-likeness (QED) is 0.435. The zero-order chi connectivity index (χ0) is 9.72. The number of carboxylic acids is 2. The van der Waals surface area contributed by atoms with Crippen molar-refractivity contribution in [3.63, 3.8) is 0 Å². The number of hydrogen-bond acceptors (Lipinski definition) is 3. The normalized spacial score (nSPS) is 12.8. The van der Waals surface area contributed by atoms with Crippen molar-refractivity contribution in [2.45, 2.75) is 0 Å². The van der Waals surface area contributed by atoms with Crippen LogP contribution in [0.25, 0.3) is 0 Å². The molecule has 0 saturated carbocycles. The lowest BCUT2D eigenvalue weighted by molar-refractivity contribution is -0.133. The van der Waals surface area contributed by atoms with E-state index in [1.54, 1.807) is 0 Å². The number of aliphatic carboxylic acids is 2. The molecule has 0 radical (unpaired) electrons. The summed E-state index contributed by atoms with van der Waals surface area (Å²) in [7, 11) is 0. The van der Waals surface area contributed by atoms with E-state index in [0.29, 0.717) is 0 Å². The molecule has 0 aromatic rings. The molecule has 0 heterocycles. The van der Waals surface area contributed by atoms with Gasteiger partial charge in [0.1, 0.15) is 10.7 Å². The van der Waals surface area contributed by atoms with Gasteiger partial charge in [0.2, 0.25) is 0 Å². The predicted molar refractivity (Wildman–Crippen MR) is 41.5 cm³/mol. The summed E-state index contributed by atoms with van der Waals surface area (Å²) in [6.07, 6.45) is 1.80. The van der Waals surface area contributed by atoms with E-state index in [-0.39, 0.29) is 0 Å². The highest BCUT2D eigenvalue weighted by Crippen LogP contribution is 2.01. The third-order valence-corrected chi connectivity index (χ3v) is 1.15. The Morgan fingerprint density at radius 3 is 2.00 bits per heavy atom. The summed E-state index contributed by atoms with van der Waals surface area (Å²) in [6, 6.07) is 0. The van der Waals surface area contributed by atoms with Crippen molar-refractivity contribution >= 4 is 23.5 Å². The molecule has 0 aliphatic carbocycles. The van der Waals surface area contributed by atoms with Gasteiger partial charge in [-0.2, -0.15) is 0 Å². The first-order valence-electron chi connectivity index (χ1n) is 2.74. The average molecular weight is 192 g/mol. The van der Waals surface area contributed by atoms with E-state index < -0.39 is 22.7 Å². The molecule has 5 nitrogen and oxygen atoms in total. The van der Waals surface area contributed by atoms with Crippen LogP contribution in [0, 0.1) is 0 Å². The maximum absolute atomic E-state index is 10.1. The fraction of sp³-hybridized carbons (Fsp3) is 0. The van der Waals surface area contributed by atoms with Crippen LogP contribution < -0.4 is 5.73 Å². The van der Waals surface area contributed by atoms with Crippen LogP contribution in [0.1, 0.15) is 0 Å². The van der Waals surface area contributed by atoms with E-state index in [1.807, 2.05) is 0 Å². The third kappa shape index (κ3) is 3.62. The van der Waals surface area contributed by atoms with Gasteiger partial charge in [0.05, 0.1) is 0 Å². The SMILES string of the molecule is N/C(=C\C=C(/Cl)C(=O)O)C(=O)O. The number of hydrogen-bond donors (Lipinski definition) is 3. The molecule has 0 saturated heterocycles. The van der Waals surface area contributed by atoms with Crippen LogP contribution in [-0.2, 0) is 9.59 Å². The Balaban J connectivity index is 4.48. The maximum atomic E-state index is 10.1. The van der Waals surface area contributed by atoms with Crippen LogP contribution in [0.4, 0.5) is 0 Å². The lowest BCUT2D eigenvalue weighted by atomic mass is 10.4. The van der Waals surface area contributed by atoms with Gasteiger partial charge in [-0.15, -0.1) is 0 Å². The molecule has 0 aliphatic heterocycles. The largest absolute Gasteiger partial charge is 0.477 e. The van der Waals surface area contributed by atoms with E-state index in [0.717, 1.165) is 12.2 Å². The predicted octanol–water partition coefficient (Wildman–Crippen LogP) is 0.121. The second-order valence-corrected chi connectivity index (χ2v) is 2.15. The van der Waals surface area contributed by atoms with Crippen LogP contribution in [0.3, 0.4) is 0 Å². The number of halogens is 1. The molecule has 0 fully saturated rings. The van der Waals surface area contributed by atoms with E-state index in [4.69, 9.17) is 27.5 Å². The molecule has 0 bridgehead atoms. The van der Waals surface area contributed by atoms with Crippen molar-refractivity contribution in [3.8, 4) is 0 Å². The first-order chi connectivity index (χ1) is 5.45. The lowest BCUT2D eigenvalue weighted by Crippen LogP contribution is -2.09. The molecule has 0 unspecified atom stereocenters. The van der Waals surface area contributed by atoms with Crippen molar-refractivity contribution in [2.75, 3.05) is 0 Å². The molecule has 12 heavy (non-hydrogen) atoms. The van der Waals surface area contributed by atoms with Gasteiger partial charge in [-0.25, -0.2) is 9.59 Å². The molecule has 66 valence electrons. The highest BCUT2D eigenvalue weighted by molar-refractivity contribution is 6.41. The molecule has 6 heteroatoms. The summed E-state index contributed by atoms with van der Waals surface area (Å²) in [5, 5.41) is 15.9. The molecule has 0 aliphatic rings. The standard InChI is InChI=1S/C6H6ClNO4/c7-3(5(9)10)1-2-4(8)6(11)12/h1-2H,8H2,(H,9,10)(H,11,12)/b3-1-,4-2-. The Morgan fingerprint density at radius 2 is 1.67 bits per heavy atom. The van der Waals surface area contributed by atoms with E-state index in [9.17, 15) is 9.59 Å². The summed E-state index contributed by atoms with van der Waals surface area (Å²) in [5.74, 6) is -2.67. The minimum atomic E-state index is -1.34. The average Bonchev–Trinajstić information content (AvgIpc) is 1.98. The molecule has 0 spiro atoms.